The number of methoxy groups -OCH3 is 1. The van der Waals surface area contributed by atoms with Crippen molar-refractivity contribution in [1.29, 1.82) is 0 Å². The molecule has 1 aromatic carbocycles. The number of nitrogens with one attached hydrogen (secondary N) is 1. The molecule has 0 bridgehead atoms. The SMILES string of the molecule is CN=C(NCc1ccccc1OCC(F)(F)F)N1CCC(OCCCOC)CC1. The maximum atomic E-state index is 12.4. The molecule has 1 heterocycles. The molecule has 0 aromatic heterocycles. The van der Waals surface area contributed by atoms with E-state index in [1.807, 2.05) is 0 Å². The number of hydrogen-bond acceptors (Lipinski definition) is 4. The Kier molecular flexibility index (Phi) is 9.53. The van der Waals surface area contributed by atoms with Crippen LogP contribution in [0.1, 0.15) is 24.8 Å². The molecule has 29 heavy (non-hydrogen) atoms. The lowest BCUT2D eigenvalue weighted by atomic mass is 10.1. The van der Waals surface area contributed by atoms with Gasteiger partial charge in [0.1, 0.15) is 5.75 Å². The van der Waals surface area contributed by atoms with Gasteiger partial charge in [-0.3, -0.25) is 4.99 Å². The number of alkyl halides is 3. The predicted octanol–water partition coefficient (Wildman–Crippen LogP) is 3.22. The van der Waals surface area contributed by atoms with E-state index in [0.717, 1.165) is 32.4 Å². The largest absolute Gasteiger partial charge is 0.484 e. The minimum atomic E-state index is -4.37. The molecule has 6 nitrogen and oxygen atoms in total. The fourth-order valence-corrected chi connectivity index (χ4v) is 3.14. The first-order valence-corrected chi connectivity index (χ1v) is 9.76. The second kappa shape index (κ2) is 11.9. The third-order valence-electron chi connectivity index (χ3n) is 4.60. The molecule has 2 rings (SSSR count). The average Bonchev–Trinajstić information content (AvgIpc) is 2.71. The smallest absolute Gasteiger partial charge is 0.422 e. The molecular formula is C20H30F3N3O3. The highest BCUT2D eigenvalue weighted by Crippen LogP contribution is 2.22. The van der Waals surface area contributed by atoms with E-state index in [2.05, 4.69) is 15.2 Å². The summed E-state index contributed by atoms with van der Waals surface area (Å²) < 4.78 is 53.2. The molecule has 0 atom stereocenters. The number of guanidine groups is 1. The molecule has 1 N–H and O–H groups in total. The van der Waals surface area contributed by atoms with Crippen LogP contribution in [0.3, 0.4) is 0 Å². The van der Waals surface area contributed by atoms with E-state index in [-0.39, 0.29) is 11.9 Å². The fourth-order valence-electron chi connectivity index (χ4n) is 3.14. The van der Waals surface area contributed by atoms with Gasteiger partial charge in [0.05, 0.1) is 6.10 Å². The van der Waals surface area contributed by atoms with E-state index in [0.29, 0.717) is 31.3 Å². The Bertz CT molecular complexity index is 633. The Morgan fingerprint density at radius 2 is 1.93 bits per heavy atom. The maximum absolute atomic E-state index is 12.4. The van der Waals surface area contributed by atoms with Crippen LogP contribution in [-0.2, 0) is 16.0 Å². The van der Waals surface area contributed by atoms with E-state index in [4.69, 9.17) is 14.2 Å². The summed E-state index contributed by atoms with van der Waals surface area (Å²) in [6, 6.07) is 6.71. The van der Waals surface area contributed by atoms with Gasteiger partial charge in [-0.25, -0.2) is 0 Å². The maximum Gasteiger partial charge on any atom is 0.422 e. The number of hydrogen-bond donors (Lipinski definition) is 1. The number of benzene rings is 1. The molecular weight excluding hydrogens is 387 g/mol. The van der Waals surface area contributed by atoms with Crippen molar-refractivity contribution in [3.05, 3.63) is 29.8 Å². The van der Waals surface area contributed by atoms with E-state index < -0.39 is 12.8 Å². The van der Waals surface area contributed by atoms with Crippen molar-refractivity contribution in [2.45, 2.75) is 38.1 Å². The Labute approximate surface area is 170 Å². The molecule has 0 amide bonds. The topological polar surface area (TPSA) is 55.3 Å². The second-order valence-electron chi connectivity index (χ2n) is 6.82. The number of rotatable bonds is 9. The molecule has 1 aliphatic rings. The lowest BCUT2D eigenvalue weighted by Gasteiger charge is -2.34. The van der Waals surface area contributed by atoms with Gasteiger partial charge in [0.25, 0.3) is 0 Å². The predicted molar refractivity (Wildman–Crippen MR) is 105 cm³/mol. The Morgan fingerprint density at radius 1 is 1.21 bits per heavy atom. The van der Waals surface area contributed by atoms with Gasteiger partial charge in [0.15, 0.2) is 12.6 Å². The van der Waals surface area contributed by atoms with Crippen LogP contribution in [0.5, 0.6) is 5.75 Å². The van der Waals surface area contributed by atoms with Crippen LogP contribution in [0.15, 0.2) is 29.3 Å². The van der Waals surface area contributed by atoms with Crippen LogP contribution in [-0.4, -0.2) is 70.2 Å². The Morgan fingerprint density at radius 3 is 2.59 bits per heavy atom. The van der Waals surface area contributed by atoms with Gasteiger partial charge in [-0.15, -0.1) is 0 Å². The third kappa shape index (κ3) is 8.49. The molecule has 9 heteroatoms. The molecule has 1 fully saturated rings. The summed E-state index contributed by atoms with van der Waals surface area (Å²) in [6.45, 7) is 2.02. The van der Waals surface area contributed by atoms with E-state index >= 15 is 0 Å². The normalized spacial score (nSPS) is 16.2. The van der Waals surface area contributed by atoms with Gasteiger partial charge < -0.3 is 24.4 Å². The number of halogens is 3. The van der Waals surface area contributed by atoms with E-state index in [1.165, 1.54) is 6.07 Å². The first-order chi connectivity index (χ1) is 13.9. The zero-order valence-electron chi connectivity index (χ0n) is 17.0. The molecule has 0 unspecified atom stereocenters. The molecule has 0 radical (unpaired) electrons. The zero-order chi connectivity index (χ0) is 21.1. The van der Waals surface area contributed by atoms with Crippen LogP contribution in [0.4, 0.5) is 13.2 Å². The first-order valence-electron chi connectivity index (χ1n) is 9.76. The molecule has 0 aliphatic carbocycles. The summed E-state index contributed by atoms with van der Waals surface area (Å²) in [6.07, 6.45) is -1.45. The number of aliphatic imine (C=N–C) groups is 1. The fraction of sp³-hybridized carbons (Fsp3) is 0.650. The van der Waals surface area contributed by atoms with Crippen LogP contribution < -0.4 is 10.1 Å². The van der Waals surface area contributed by atoms with Crippen LogP contribution in [0, 0.1) is 0 Å². The van der Waals surface area contributed by atoms with Crippen LogP contribution in [0.2, 0.25) is 0 Å². The molecule has 1 aromatic rings. The number of para-hydroxylation sites is 1. The lowest BCUT2D eigenvalue weighted by molar-refractivity contribution is -0.153. The first kappa shape index (κ1) is 23.3. The summed E-state index contributed by atoms with van der Waals surface area (Å²) in [5, 5.41) is 3.23. The van der Waals surface area contributed by atoms with Gasteiger partial charge in [-0.1, -0.05) is 18.2 Å². The van der Waals surface area contributed by atoms with Gasteiger partial charge in [-0.05, 0) is 25.3 Å². The minimum Gasteiger partial charge on any atom is -0.484 e. The lowest BCUT2D eigenvalue weighted by Crippen LogP contribution is -2.46. The third-order valence-corrected chi connectivity index (χ3v) is 4.60. The van der Waals surface area contributed by atoms with Crippen molar-refractivity contribution in [2.24, 2.45) is 4.99 Å². The molecule has 1 aliphatic heterocycles. The van der Waals surface area contributed by atoms with Crippen molar-refractivity contribution in [1.82, 2.24) is 10.2 Å². The highest BCUT2D eigenvalue weighted by atomic mass is 19.4. The zero-order valence-corrected chi connectivity index (χ0v) is 17.0. The summed E-state index contributed by atoms with van der Waals surface area (Å²) >= 11 is 0. The van der Waals surface area contributed by atoms with Crippen molar-refractivity contribution in [3.8, 4) is 5.75 Å². The van der Waals surface area contributed by atoms with Crippen LogP contribution >= 0.6 is 0 Å². The minimum absolute atomic E-state index is 0.218. The van der Waals surface area contributed by atoms with Crippen molar-refractivity contribution >= 4 is 5.96 Å². The molecule has 1 saturated heterocycles. The van der Waals surface area contributed by atoms with Gasteiger partial charge >= 0.3 is 6.18 Å². The van der Waals surface area contributed by atoms with Crippen LogP contribution in [0.25, 0.3) is 0 Å². The second-order valence-corrected chi connectivity index (χ2v) is 6.82. The molecule has 164 valence electrons. The standard InChI is InChI=1S/C20H30F3N3O3/c1-24-19(26-10-8-17(9-11-26)28-13-5-12-27-2)25-14-16-6-3-4-7-18(16)29-15-20(21,22)23/h3-4,6-7,17H,5,8-15H2,1-2H3,(H,24,25). The highest BCUT2D eigenvalue weighted by molar-refractivity contribution is 5.80. The Hall–Kier alpha value is -2.00. The van der Waals surface area contributed by atoms with Gasteiger partial charge in [-0.2, -0.15) is 13.2 Å². The average molecular weight is 417 g/mol. The number of piperidine rings is 1. The van der Waals surface area contributed by atoms with Crippen molar-refractivity contribution in [2.75, 3.05) is 47.1 Å². The Balaban J connectivity index is 1.81. The highest BCUT2D eigenvalue weighted by Gasteiger charge is 2.29. The van der Waals surface area contributed by atoms with Gasteiger partial charge in [0.2, 0.25) is 0 Å². The summed E-state index contributed by atoms with van der Waals surface area (Å²) in [5.74, 6) is 0.935. The summed E-state index contributed by atoms with van der Waals surface area (Å²) in [7, 11) is 3.37. The number of nitrogens with zero attached hydrogens (tertiary/aromatic N) is 2. The van der Waals surface area contributed by atoms with Gasteiger partial charge in [0, 0.05) is 52.6 Å². The summed E-state index contributed by atoms with van der Waals surface area (Å²) in [5.41, 5.74) is 0.647. The monoisotopic (exact) mass is 417 g/mol. The number of likely N-dealkylation sites (tertiary alicyclic amines) is 1. The van der Waals surface area contributed by atoms with E-state index in [1.54, 1.807) is 32.4 Å². The van der Waals surface area contributed by atoms with E-state index in [9.17, 15) is 13.2 Å². The summed E-state index contributed by atoms with van der Waals surface area (Å²) in [4.78, 5) is 6.44. The number of ether oxygens (including phenoxy) is 3. The van der Waals surface area contributed by atoms with Crippen molar-refractivity contribution < 1.29 is 27.4 Å². The van der Waals surface area contributed by atoms with Crippen molar-refractivity contribution in [3.63, 3.8) is 0 Å². The molecule has 0 spiro atoms. The molecule has 0 saturated carbocycles. The quantitative estimate of drug-likeness (QED) is 0.380.